The third kappa shape index (κ3) is 1.55. The van der Waals surface area contributed by atoms with Crippen LogP contribution in [0.15, 0.2) is 29.2 Å². The summed E-state index contributed by atoms with van der Waals surface area (Å²) in [7, 11) is 0. The largest absolute Gasteiger partial charge is 0.395 e. The number of rotatable bonds is 1. The Bertz CT molecular complexity index is 340. The number of anilines is 1. The molecule has 1 atom stereocenters. The van der Waals surface area contributed by atoms with E-state index in [1.807, 2.05) is 24.3 Å². The number of carbonyl (C=O) groups is 1. The monoisotopic (exact) mass is 195 g/mol. The van der Waals surface area contributed by atoms with E-state index >= 15 is 0 Å². The second-order valence-corrected chi connectivity index (χ2v) is 4.02. The first-order valence-electron chi connectivity index (χ1n) is 3.98. The molecule has 1 heterocycles. The van der Waals surface area contributed by atoms with Crippen LogP contribution in [0.2, 0.25) is 0 Å². The van der Waals surface area contributed by atoms with E-state index in [9.17, 15) is 4.79 Å². The van der Waals surface area contributed by atoms with Crippen LogP contribution in [0.1, 0.15) is 0 Å². The Kier molecular flexibility index (Phi) is 2.24. The minimum Gasteiger partial charge on any atom is -0.395 e. The van der Waals surface area contributed by atoms with Crippen molar-refractivity contribution in [1.29, 1.82) is 0 Å². The van der Waals surface area contributed by atoms with Gasteiger partial charge in [0.05, 0.1) is 12.3 Å². The van der Waals surface area contributed by atoms with Crippen molar-refractivity contribution in [3.8, 4) is 0 Å². The second-order valence-electron chi connectivity index (χ2n) is 2.77. The third-order valence-corrected chi connectivity index (χ3v) is 3.13. The summed E-state index contributed by atoms with van der Waals surface area (Å²) in [4.78, 5) is 12.3. The SMILES string of the molecule is O=C1Nc2ccccc2S[C@H]1CO. The molecule has 3 nitrogen and oxygen atoms in total. The maximum Gasteiger partial charge on any atom is 0.240 e. The van der Waals surface area contributed by atoms with Gasteiger partial charge in [0.15, 0.2) is 0 Å². The average Bonchev–Trinajstić information content (AvgIpc) is 2.17. The highest BCUT2D eigenvalue weighted by Gasteiger charge is 2.25. The zero-order valence-electron chi connectivity index (χ0n) is 6.86. The number of para-hydroxylation sites is 1. The van der Waals surface area contributed by atoms with Crippen molar-refractivity contribution in [3.63, 3.8) is 0 Å². The predicted octanol–water partition coefficient (Wildman–Crippen LogP) is 1.09. The van der Waals surface area contributed by atoms with Gasteiger partial charge < -0.3 is 10.4 Å². The van der Waals surface area contributed by atoms with Crippen LogP contribution in [0.3, 0.4) is 0 Å². The molecule has 1 aliphatic rings. The van der Waals surface area contributed by atoms with Crippen LogP contribution in [-0.4, -0.2) is 22.9 Å². The highest BCUT2D eigenvalue weighted by Crippen LogP contribution is 2.34. The lowest BCUT2D eigenvalue weighted by Crippen LogP contribution is -2.31. The van der Waals surface area contributed by atoms with Gasteiger partial charge in [-0.2, -0.15) is 0 Å². The number of benzene rings is 1. The fourth-order valence-corrected chi connectivity index (χ4v) is 2.16. The van der Waals surface area contributed by atoms with Crippen molar-refractivity contribution >= 4 is 23.4 Å². The van der Waals surface area contributed by atoms with E-state index in [1.54, 1.807) is 0 Å². The number of thioether (sulfide) groups is 1. The van der Waals surface area contributed by atoms with Crippen molar-refractivity contribution in [3.05, 3.63) is 24.3 Å². The Morgan fingerprint density at radius 1 is 1.46 bits per heavy atom. The van der Waals surface area contributed by atoms with Gasteiger partial charge in [0.1, 0.15) is 5.25 Å². The van der Waals surface area contributed by atoms with E-state index in [0.29, 0.717) is 0 Å². The standard InChI is InChI=1S/C9H9NO2S/c11-5-8-9(12)10-6-3-1-2-4-7(6)13-8/h1-4,8,11H,5H2,(H,10,12)/t8-/m0/s1. The van der Waals surface area contributed by atoms with E-state index < -0.39 is 0 Å². The van der Waals surface area contributed by atoms with Crippen molar-refractivity contribution in [2.45, 2.75) is 10.1 Å². The zero-order valence-corrected chi connectivity index (χ0v) is 7.67. The van der Waals surface area contributed by atoms with E-state index in [-0.39, 0.29) is 17.8 Å². The van der Waals surface area contributed by atoms with Gasteiger partial charge in [0, 0.05) is 4.90 Å². The first-order chi connectivity index (χ1) is 6.31. The van der Waals surface area contributed by atoms with E-state index in [4.69, 9.17) is 5.11 Å². The van der Waals surface area contributed by atoms with Gasteiger partial charge in [-0.05, 0) is 12.1 Å². The minimum absolute atomic E-state index is 0.119. The maximum absolute atomic E-state index is 11.3. The van der Waals surface area contributed by atoms with Crippen molar-refractivity contribution in [2.75, 3.05) is 11.9 Å². The van der Waals surface area contributed by atoms with Crippen molar-refractivity contribution in [1.82, 2.24) is 0 Å². The number of fused-ring (bicyclic) bond motifs is 1. The van der Waals surface area contributed by atoms with Gasteiger partial charge in [-0.1, -0.05) is 12.1 Å². The normalized spacial score (nSPS) is 20.7. The molecule has 68 valence electrons. The average molecular weight is 195 g/mol. The molecule has 0 saturated carbocycles. The lowest BCUT2D eigenvalue weighted by atomic mass is 10.3. The molecule has 2 rings (SSSR count). The molecule has 1 amide bonds. The maximum atomic E-state index is 11.3. The molecule has 1 aromatic rings. The molecular weight excluding hydrogens is 186 g/mol. The molecule has 0 radical (unpaired) electrons. The van der Waals surface area contributed by atoms with Crippen LogP contribution in [-0.2, 0) is 4.79 Å². The topological polar surface area (TPSA) is 49.3 Å². The van der Waals surface area contributed by atoms with Crippen LogP contribution >= 0.6 is 11.8 Å². The van der Waals surface area contributed by atoms with Crippen LogP contribution in [0, 0.1) is 0 Å². The molecule has 0 spiro atoms. The summed E-state index contributed by atoms with van der Waals surface area (Å²) in [6, 6.07) is 7.58. The zero-order chi connectivity index (χ0) is 9.26. The Morgan fingerprint density at radius 2 is 2.23 bits per heavy atom. The summed E-state index contributed by atoms with van der Waals surface area (Å²) in [6.45, 7) is -0.120. The molecule has 0 fully saturated rings. The quantitative estimate of drug-likeness (QED) is 0.705. The Morgan fingerprint density at radius 3 is 3.00 bits per heavy atom. The van der Waals surface area contributed by atoms with Crippen LogP contribution in [0.5, 0.6) is 0 Å². The number of aliphatic hydroxyl groups excluding tert-OH is 1. The first kappa shape index (κ1) is 8.59. The number of hydrogen-bond donors (Lipinski definition) is 2. The van der Waals surface area contributed by atoms with Gasteiger partial charge in [-0.25, -0.2) is 0 Å². The molecular formula is C9H9NO2S. The Balaban J connectivity index is 2.33. The molecule has 1 aromatic carbocycles. The molecule has 4 heteroatoms. The number of aliphatic hydroxyl groups is 1. The fourth-order valence-electron chi connectivity index (χ4n) is 1.21. The van der Waals surface area contributed by atoms with Crippen LogP contribution in [0.4, 0.5) is 5.69 Å². The highest BCUT2D eigenvalue weighted by molar-refractivity contribution is 8.01. The molecule has 13 heavy (non-hydrogen) atoms. The molecule has 0 bridgehead atoms. The molecule has 2 N–H and O–H groups in total. The summed E-state index contributed by atoms with van der Waals surface area (Å²) in [5.41, 5.74) is 0.835. The molecule has 0 saturated heterocycles. The molecule has 0 aliphatic carbocycles. The number of amides is 1. The van der Waals surface area contributed by atoms with Gasteiger partial charge in [0.2, 0.25) is 5.91 Å². The second kappa shape index (κ2) is 3.40. The molecule has 0 aromatic heterocycles. The van der Waals surface area contributed by atoms with E-state index in [2.05, 4.69) is 5.32 Å². The third-order valence-electron chi connectivity index (χ3n) is 1.87. The number of carbonyl (C=O) groups excluding carboxylic acids is 1. The minimum atomic E-state index is -0.366. The van der Waals surface area contributed by atoms with Gasteiger partial charge in [-0.15, -0.1) is 11.8 Å². The lowest BCUT2D eigenvalue weighted by Gasteiger charge is -2.22. The number of nitrogens with one attached hydrogen (secondary N) is 1. The Hall–Kier alpha value is -1.00. The summed E-state index contributed by atoms with van der Waals surface area (Å²) in [6.07, 6.45) is 0. The van der Waals surface area contributed by atoms with Crippen molar-refractivity contribution < 1.29 is 9.90 Å². The van der Waals surface area contributed by atoms with Gasteiger partial charge in [-0.3, -0.25) is 4.79 Å². The smallest absolute Gasteiger partial charge is 0.240 e. The summed E-state index contributed by atoms with van der Waals surface area (Å²) < 4.78 is 0. The first-order valence-corrected chi connectivity index (χ1v) is 4.86. The summed E-state index contributed by atoms with van der Waals surface area (Å²) in [5.74, 6) is -0.119. The highest BCUT2D eigenvalue weighted by atomic mass is 32.2. The Labute approximate surface area is 80.1 Å². The molecule has 1 aliphatic heterocycles. The van der Waals surface area contributed by atoms with Crippen LogP contribution < -0.4 is 5.32 Å². The summed E-state index contributed by atoms with van der Waals surface area (Å²) in [5, 5.41) is 11.3. The van der Waals surface area contributed by atoms with E-state index in [1.165, 1.54) is 11.8 Å². The fraction of sp³-hybridized carbons (Fsp3) is 0.222. The van der Waals surface area contributed by atoms with Crippen LogP contribution in [0.25, 0.3) is 0 Å². The number of hydrogen-bond acceptors (Lipinski definition) is 3. The van der Waals surface area contributed by atoms with Gasteiger partial charge >= 0.3 is 0 Å². The predicted molar refractivity (Wildman–Crippen MR) is 51.8 cm³/mol. The van der Waals surface area contributed by atoms with Crippen molar-refractivity contribution in [2.24, 2.45) is 0 Å². The lowest BCUT2D eigenvalue weighted by molar-refractivity contribution is -0.116. The summed E-state index contributed by atoms with van der Waals surface area (Å²) >= 11 is 1.40. The van der Waals surface area contributed by atoms with Gasteiger partial charge in [0.25, 0.3) is 0 Å². The molecule has 0 unspecified atom stereocenters. The van der Waals surface area contributed by atoms with E-state index in [0.717, 1.165) is 10.6 Å².